The molecule has 0 atom stereocenters. The summed E-state index contributed by atoms with van der Waals surface area (Å²) in [5.74, 6) is -0.950. The van der Waals surface area contributed by atoms with E-state index in [4.69, 9.17) is 14.2 Å². The molecule has 2 aromatic rings. The molecule has 0 bridgehead atoms. The number of carbonyl (C=O) groups excluding carboxylic acids is 2. The van der Waals surface area contributed by atoms with Gasteiger partial charge in [-0.05, 0) is 29.8 Å². The third-order valence-corrected chi connectivity index (χ3v) is 3.22. The Hall–Kier alpha value is -3.88. The number of hydrogen-bond acceptors (Lipinski definition) is 8. The van der Waals surface area contributed by atoms with E-state index in [0.29, 0.717) is 5.56 Å². The normalized spacial score (nSPS) is 9.93. The number of non-ortho nitro benzene ring substituents is 1. The molecule has 2 rings (SSSR count). The summed E-state index contributed by atoms with van der Waals surface area (Å²) in [6.07, 6.45) is 0.351. The predicted octanol–water partition coefficient (Wildman–Crippen LogP) is 3.36. The van der Waals surface area contributed by atoms with Gasteiger partial charge in [-0.1, -0.05) is 18.7 Å². The van der Waals surface area contributed by atoms with Gasteiger partial charge >= 0.3 is 12.1 Å². The number of rotatable bonds is 7. The summed E-state index contributed by atoms with van der Waals surface area (Å²) in [5.41, 5.74) is 0.191. The van der Waals surface area contributed by atoms with E-state index in [2.05, 4.69) is 6.58 Å². The molecule has 0 spiro atoms. The van der Waals surface area contributed by atoms with Gasteiger partial charge in [0.2, 0.25) is 0 Å². The highest BCUT2D eigenvalue weighted by atomic mass is 16.7. The molecule has 0 radical (unpaired) electrons. The van der Waals surface area contributed by atoms with Crippen molar-refractivity contribution in [2.24, 2.45) is 0 Å². The van der Waals surface area contributed by atoms with Crippen LogP contribution < -0.4 is 4.74 Å². The Morgan fingerprint density at radius 1 is 1.15 bits per heavy atom. The summed E-state index contributed by atoms with van der Waals surface area (Å²) in [6.45, 7) is 3.18. The summed E-state index contributed by atoms with van der Waals surface area (Å²) >= 11 is 0. The highest BCUT2D eigenvalue weighted by molar-refractivity contribution is 5.92. The van der Waals surface area contributed by atoms with Crippen LogP contribution in [0.3, 0.4) is 0 Å². The molecule has 0 aliphatic carbocycles. The first-order valence-corrected chi connectivity index (χ1v) is 7.59. The Labute approximate surface area is 153 Å². The molecule has 0 amide bonds. The molecule has 9 nitrogen and oxygen atoms in total. The molecule has 140 valence electrons. The molecule has 1 N–H and O–H groups in total. The van der Waals surface area contributed by atoms with Crippen molar-refractivity contribution < 1.29 is 33.8 Å². The lowest BCUT2D eigenvalue weighted by atomic mass is 10.1. The van der Waals surface area contributed by atoms with Gasteiger partial charge in [0.05, 0.1) is 4.92 Å². The predicted molar refractivity (Wildman–Crippen MR) is 92.5 cm³/mol. The number of esters is 1. The SMILES string of the molecule is C=CCOC(=O)c1cc(COC(=O)Oc2ccc([N+](=O)[O-])cc2)ccc1O. The van der Waals surface area contributed by atoms with Gasteiger partial charge in [0, 0.05) is 12.1 Å². The van der Waals surface area contributed by atoms with Crippen molar-refractivity contribution >= 4 is 17.8 Å². The zero-order valence-electron chi connectivity index (χ0n) is 14.0. The van der Waals surface area contributed by atoms with Gasteiger partial charge in [-0.3, -0.25) is 10.1 Å². The van der Waals surface area contributed by atoms with Crippen LogP contribution in [0.2, 0.25) is 0 Å². The Balaban J connectivity index is 1.95. The maximum atomic E-state index is 11.8. The zero-order valence-corrected chi connectivity index (χ0v) is 14.0. The van der Waals surface area contributed by atoms with Crippen molar-refractivity contribution in [3.05, 3.63) is 76.4 Å². The highest BCUT2D eigenvalue weighted by Crippen LogP contribution is 2.21. The third kappa shape index (κ3) is 5.56. The molecule has 0 aliphatic heterocycles. The maximum absolute atomic E-state index is 11.8. The fourth-order valence-electron chi connectivity index (χ4n) is 1.95. The van der Waals surface area contributed by atoms with Crippen LogP contribution in [-0.4, -0.2) is 28.8 Å². The van der Waals surface area contributed by atoms with Crippen molar-refractivity contribution in [3.63, 3.8) is 0 Å². The Kier molecular flexibility index (Phi) is 6.48. The lowest BCUT2D eigenvalue weighted by Crippen LogP contribution is -2.11. The van der Waals surface area contributed by atoms with Gasteiger partial charge in [-0.2, -0.15) is 0 Å². The molecule has 2 aromatic carbocycles. The number of nitro benzene ring substituents is 1. The number of aromatic hydroxyl groups is 1. The molecule has 0 unspecified atom stereocenters. The maximum Gasteiger partial charge on any atom is 0.514 e. The van der Waals surface area contributed by atoms with Crippen LogP contribution in [0, 0.1) is 10.1 Å². The standard InChI is InChI=1S/C18H15NO8/c1-2-9-25-17(21)15-10-12(3-8-16(15)20)11-26-18(22)27-14-6-4-13(5-7-14)19(23)24/h2-8,10,20H,1,9,11H2. The molecule has 0 aromatic heterocycles. The fourth-order valence-corrected chi connectivity index (χ4v) is 1.95. The smallest absolute Gasteiger partial charge is 0.507 e. The minimum atomic E-state index is -1.03. The van der Waals surface area contributed by atoms with E-state index >= 15 is 0 Å². The van der Waals surface area contributed by atoms with Crippen LogP contribution in [0.5, 0.6) is 11.5 Å². The van der Waals surface area contributed by atoms with Crippen molar-refractivity contribution in [1.29, 1.82) is 0 Å². The second-order valence-corrected chi connectivity index (χ2v) is 5.13. The van der Waals surface area contributed by atoms with Crippen molar-refractivity contribution in [1.82, 2.24) is 0 Å². The van der Waals surface area contributed by atoms with E-state index in [0.717, 1.165) is 0 Å². The Morgan fingerprint density at radius 3 is 2.48 bits per heavy atom. The minimum Gasteiger partial charge on any atom is -0.507 e. The summed E-state index contributed by atoms with van der Waals surface area (Å²) in [7, 11) is 0. The molecule has 0 aliphatic rings. The number of carbonyl (C=O) groups is 2. The van der Waals surface area contributed by atoms with Crippen LogP contribution in [0.4, 0.5) is 10.5 Å². The molecule has 9 heteroatoms. The van der Waals surface area contributed by atoms with Crippen LogP contribution in [-0.2, 0) is 16.1 Å². The van der Waals surface area contributed by atoms with Gasteiger partial charge in [-0.15, -0.1) is 0 Å². The largest absolute Gasteiger partial charge is 0.514 e. The third-order valence-electron chi connectivity index (χ3n) is 3.22. The molecular weight excluding hydrogens is 358 g/mol. The van der Waals surface area contributed by atoms with Crippen LogP contribution >= 0.6 is 0 Å². The van der Waals surface area contributed by atoms with E-state index in [1.54, 1.807) is 0 Å². The fraction of sp³-hybridized carbons (Fsp3) is 0.111. The van der Waals surface area contributed by atoms with E-state index < -0.39 is 17.0 Å². The van der Waals surface area contributed by atoms with E-state index in [1.807, 2.05) is 0 Å². The number of ether oxygens (including phenoxy) is 3. The van der Waals surface area contributed by atoms with Gasteiger partial charge in [-0.25, -0.2) is 9.59 Å². The van der Waals surface area contributed by atoms with Gasteiger partial charge < -0.3 is 19.3 Å². The topological polar surface area (TPSA) is 125 Å². The number of phenolic OH excluding ortho intramolecular Hbond substituents is 1. The lowest BCUT2D eigenvalue weighted by molar-refractivity contribution is -0.384. The second-order valence-electron chi connectivity index (χ2n) is 5.13. The van der Waals surface area contributed by atoms with Crippen LogP contribution in [0.25, 0.3) is 0 Å². The number of hydrogen-bond donors (Lipinski definition) is 1. The minimum absolute atomic E-state index is 0.0133. The van der Waals surface area contributed by atoms with E-state index in [9.17, 15) is 24.8 Å². The van der Waals surface area contributed by atoms with Crippen LogP contribution in [0.15, 0.2) is 55.1 Å². The molecule has 0 heterocycles. The lowest BCUT2D eigenvalue weighted by Gasteiger charge is -2.08. The van der Waals surface area contributed by atoms with Crippen LogP contribution in [0.1, 0.15) is 15.9 Å². The Morgan fingerprint density at radius 2 is 1.85 bits per heavy atom. The average molecular weight is 373 g/mol. The quantitative estimate of drug-likeness (QED) is 0.257. The van der Waals surface area contributed by atoms with E-state index in [1.165, 1.54) is 48.5 Å². The van der Waals surface area contributed by atoms with Crippen molar-refractivity contribution in [3.8, 4) is 11.5 Å². The monoisotopic (exact) mass is 373 g/mol. The molecular formula is C18H15NO8. The summed E-state index contributed by atoms with van der Waals surface area (Å²) in [6, 6.07) is 8.93. The Bertz CT molecular complexity index is 860. The highest BCUT2D eigenvalue weighted by Gasteiger charge is 2.14. The average Bonchev–Trinajstić information content (AvgIpc) is 2.65. The number of benzene rings is 2. The summed E-state index contributed by atoms with van der Waals surface area (Å²) in [4.78, 5) is 33.5. The molecule has 27 heavy (non-hydrogen) atoms. The number of nitro groups is 1. The van der Waals surface area contributed by atoms with Crippen molar-refractivity contribution in [2.75, 3.05) is 6.61 Å². The molecule has 0 saturated carbocycles. The number of phenols is 1. The number of nitrogens with zero attached hydrogens (tertiary/aromatic N) is 1. The summed E-state index contributed by atoms with van der Waals surface area (Å²) < 4.78 is 14.7. The zero-order chi connectivity index (χ0) is 19.8. The first kappa shape index (κ1) is 19.4. The first-order chi connectivity index (χ1) is 12.9. The molecule has 0 fully saturated rings. The molecule has 0 saturated heterocycles. The summed E-state index contributed by atoms with van der Waals surface area (Å²) in [5, 5.41) is 20.3. The second kappa shape index (κ2) is 8.99. The van der Waals surface area contributed by atoms with Crippen molar-refractivity contribution in [2.45, 2.75) is 6.61 Å². The van der Waals surface area contributed by atoms with Gasteiger partial charge in [0.1, 0.15) is 30.3 Å². The van der Waals surface area contributed by atoms with Gasteiger partial charge in [0.25, 0.3) is 5.69 Å². The van der Waals surface area contributed by atoms with E-state index in [-0.39, 0.29) is 36.0 Å². The first-order valence-electron chi connectivity index (χ1n) is 7.59. The van der Waals surface area contributed by atoms with Gasteiger partial charge in [0.15, 0.2) is 0 Å².